The molecule has 4 fully saturated rings. The third kappa shape index (κ3) is 11.9. The molecule has 2 aromatic heterocycles. The molecule has 4 atom stereocenters. The normalized spacial score (nSPS) is 20.5. The Morgan fingerprint density at radius 2 is 0.884 bits per heavy atom. The van der Waals surface area contributed by atoms with E-state index in [1.165, 1.54) is 63.6 Å². The Morgan fingerprint density at radius 3 is 1.38 bits per heavy atom. The minimum Gasteiger partial charge on any atom is -0.444 e. The molecule has 0 saturated carbocycles. The summed E-state index contributed by atoms with van der Waals surface area (Å²) >= 11 is 0. The summed E-state index contributed by atoms with van der Waals surface area (Å²) < 4.78 is 11.4. The molecule has 6 aromatic carbocycles. The highest BCUT2D eigenvalue weighted by atomic mass is 16.6. The molecular formula is C72H78N10O4. The van der Waals surface area contributed by atoms with Crippen LogP contribution in [0.15, 0.2) is 156 Å². The Balaban J connectivity index is 0.000000168. The quantitative estimate of drug-likeness (QED) is 0.105. The van der Waals surface area contributed by atoms with Crippen LogP contribution in [0, 0.1) is 0 Å². The van der Waals surface area contributed by atoms with Crippen molar-refractivity contribution < 1.29 is 19.1 Å². The number of hydrogen-bond donors (Lipinski definition) is 4. The first-order chi connectivity index (χ1) is 41.7. The lowest BCUT2D eigenvalue weighted by Crippen LogP contribution is -2.43. The number of hydrogen-bond acceptors (Lipinski definition) is 10. The maximum atomic E-state index is 12.9. The largest absolute Gasteiger partial charge is 0.444 e. The van der Waals surface area contributed by atoms with E-state index in [-0.39, 0.29) is 24.3 Å². The van der Waals surface area contributed by atoms with E-state index in [0.717, 1.165) is 125 Å². The van der Waals surface area contributed by atoms with E-state index in [1.54, 1.807) is 4.90 Å². The van der Waals surface area contributed by atoms with E-state index in [0.29, 0.717) is 25.2 Å². The molecular weight excluding hydrogens is 1070 g/mol. The number of nitrogens with zero attached hydrogens (tertiary/aromatic N) is 6. The van der Waals surface area contributed by atoms with Gasteiger partial charge in [-0.1, -0.05) is 121 Å². The lowest BCUT2D eigenvalue weighted by atomic mass is 9.92. The minimum absolute atomic E-state index is 0.0178. The average Bonchev–Trinajstić information content (AvgIpc) is 1.51. The molecule has 0 radical (unpaired) electrons. The SMILES string of the molecule is C1=C(c2ccc(-c3ccc(-c4cnc([C@@H]5CCCN5)[nH]4)c4ccccc34)cc2)CC([C@@H]2CCCN2)=N1.CC(C)(C)OC(=O)N1CCC[C@H]1C1=NC=C(c2ccc(-c3ccc(-c4cnc([C@@H]5CCCN5C(=O)OC(C)(C)C)[nH]4)c4ccccc34)cc2)C1. The number of fused-ring (bicyclic) bond motifs is 2. The van der Waals surface area contributed by atoms with Gasteiger partial charge in [-0.3, -0.25) is 19.8 Å². The lowest BCUT2D eigenvalue weighted by Gasteiger charge is -2.28. The smallest absolute Gasteiger partial charge is 0.410 e. The molecule has 8 aromatic rings. The zero-order valence-electron chi connectivity index (χ0n) is 50.4. The number of carbonyl (C=O) groups is 2. The van der Waals surface area contributed by atoms with E-state index in [4.69, 9.17) is 29.4 Å². The molecule has 4 N–H and O–H groups in total. The van der Waals surface area contributed by atoms with Crippen LogP contribution >= 0.6 is 0 Å². The summed E-state index contributed by atoms with van der Waals surface area (Å²) in [6.07, 6.45) is 17.4. The van der Waals surface area contributed by atoms with E-state index in [9.17, 15) is 9.59 Å². The fraction of sp³-hybridized carbons (Fsp3) is 0.361. The van der Waals surface area contributed by atoms with Crippen molar-refractivity contribution >= 4 is 56.3 Å². The Hall–Kier alpha value is -8.46. The molecule has 4 saturated heterocycles. The van der Waals surface area contributed by atoms with Gasteiger partial charge in [-0.2, -0.15) is 0 Å². The van der Waals surface area contributed by atoms with Gasteiger partial charge >= 0.3 is 12.2 Å². The number of H-pyrrole nitrogens is 2. The number of nitrogens with one attached hydrogen (secondary N) is 4. The molecule has 2 amide bonds. The number of aromatic amines is 2. The summed E-state index contributed by atoms with van der Waals surface area (Å²) in [5, 5.41) is 11.9. The molecule has 440 valence electrons. The van der Waals surface area contributed by atoms with Crippen molar-refractivity contribution in [2.45, 2.75) is 141 Å². The third-order valence-corrected chi connectivity index (χ3v) is 17.6. The number of likely N-dealkylation sites (tertiary alicyclic amines) is 2. The van der Waals surface area contributed by atoms with Crippen molar-refractivity contribution in [2.24, 2.45) is 9.98 Å². The first kappa shape index (κ1) is 56.7. The minimum atomic E-state index is -0.548. The topological polar surface area (TPSA) is 165 Å². The Morgan fingerprint density at radius 1 is 0.465 bits per heavy atom. The second kappa shape index (κ2) is 23.8. The first-order valence-corrected chi connectivity index (χ1v) is 31.0. The number of allylic oxidation sites excluding steroid dienone is 2. The van der Waals surface area contributed by atoms with Gasteiger partial charge in [0.05, 0.1) is 41.9 Å². The number of ether oxygens (including phenoxy) is 2. The number of aliphatic imine (C=N–C) groups is 2. The van der Waals surface area contributed by atoms with Gasteiger partial charge in [0.25, 0.3) is 0 Å². The van der Waals surface area contributed by atoms with Crippen molar-refractivity contribution in [3.8, 4) is 44.8 Å². The summed E-state index contributed by atoms with van der Waals surface area (Å²) in [5.74, 6) is 1.83. The molecule has 86 heavy (non-hydrogen) atoms. The molecule has 6 aliphatic rings. The standard InChI is InChI=1S/C41H47N5O4.C31H31N5/c1-40(2,3)49-38(47)45-21-9-13-35(45)33-23-28(24-42-33)26-15-17-27(18-16-26)29-19-20-32(31-12-8-7-11-30(29)31)34-25-43-37(44-34)36-14-10-22-46(36)39(48)50-41(4,5)6;1-2-6-25-24(5-1)23(13-14-26(25)30-19-35-31(36-30)28-8-4-16-33-28)21-11-9-20(10-12-21)22-17-29(34-18-22)27-7-3-15-32-27/h7-8,11-12,15-20,24-25,35-36H,9-10,13-14,21-23H2,1-6H3,(H,43,44);1-2,5-6,9-14,18-19,27-28,32-33H,3-4,7-8,15-17H2,(H,35,36)/t35-,36-;27-,28-/m00/s1. The monoisotopic (exact) mass is 1150 g/mol. The van der Waals surface area contributed by atoms with Gasteiger partial charge in [-0.25, -0.2) is 19.6 Å². The number of benzene rings is 6. The van der Waals surface area contributed by atoms with Crippen LogP contribution in [-0.4, -0.2) is 103 Å². The van der Waals surface area contributed by atoms with Crippen LogP contribution in [0.3, 0.4) is 0 Å². The van der Waals surface area contributed by atoms with E-state index < -0.39 is 11.2 Å². The number of rotatable bonds is 10. The number of aromatic nitrogens is 4. The van der Waals surface area contributed by atoms with Gasteiger partial charge in [0.2, 0.25) is 0 Å². The summed E-state index contributed by atoms with van der Waals surface area (Å²) in [7, 11) is 0. The Kier molecular flexibility index (Phi) is 15.7. The Bertz CT molecular complexity index is 3960. The van der Waals surface area contributed by atoms with Crippen LogP contribution in [0.4, 0.5) is 9.59 Å². The maximum Gasteiger partial charge on any atom is 0.410 e. The van der Waals surface area contributed by atoms with Crippen molar-refractivity contribution in [3.05, 3.63) is 169 Å². The highest BCUT2D eigenvalue weighted by Crippen LogP contribution is 2.41. The van der Waals surface area contributed by atoms with Crippen molar-refractivity contribution in [1.29, 1.82) is 0 Å². The second-order valence-electron chi connectivity index (χ2n) is 25.8. The summed E-state index contributed by atoms with van der Waals surface area (Å²) in [4.78, 5) is 55.6. The highest BCUT2D eigenvalue weighted by molar-refractivity contribution is 6.07. The van der Waals surface area contributed by atoms with E-state index in [2.05, 4.69) is 148 Å². The van der Waals surface area contributed by atoms with Gasteiger partial charge < -0.3 is 30.1 Å². The number of amides is 2. The predicted molar refractivity (Wildman–Crippen MR) is 346 cm³/mol. The lowest BCUT2D eigenvalue weighted by molar-refractivity contribution is 0.0216. The van der Waals surface area contributed by atoms with E-state index >= 15 is 0 Å². The molecule has 0 spiro atoms. The fourth-order valence-electron chi connectivity index (χ4n) is 13.4. The molecule has 0 bridgehead atoms. The van der Waals surface area contributed by atoms with Crippen molar-refractivity contribution in [1.82, 2.24) is 40.4 Å². The summed E-state index contributed by atoms with van der Waals surface area (Å²) in [5.41, 5.74) is 15.2. The first-order valence-electron chi connectivity index (χ1n) is 31.0. The molecule has 0 unspecified atom stereocenters. The van der Waals surface area contributed by atoms with Gasteiger partial charge in [0.15, 0.2) is 0 Å². The Labute approximate surface area is 504 Å². The summed E-state index contributed by atoms with van der Waals surface area (Å²) in [6.45, 7) is 14.9. The highest BCUT2D eigenvalue weighted by Gasteiger charge is 2.38. The molecule has 8 heterocycles. The third-order valence-electron chi connectivity index (χ3n) is 17.6. The average molecular weight is 1150 g/mol. The molecule has 14 nitrogen and oxygen atoms in total. The molecule has 6 aliphatic heterocycles. The van der Waals surface area contributed by atoms with Gasteiger partial charge in [0.1, 0.15) is 22.9 Å². The predicted octanol–water partition coefficient (Wildman–Crippen LogP) is 15.8. The van der Waals surface area contributed by atoms with E-state index in [1.807, 2.05) is 65.0 Å². The van der Waals surface area contributed by atoms with Crippen molar-refractivity contribution in [3.63, 3.8) is 0 Å². The van der Waals surface area contributed by atoms with Crippen LogP contribution in [-0.2, 0) is 9.47 Å². The second-order valence-corrected chi connectivity index (χ2v) is 25.8. The van der Waals surface area contributed by atoms with Crippen LogP contribution in [0.2, 0.25) is 0 Å². The zero-order valence-corrected chi connectivity index (χ0v) is 50.4. The summed E-state index contributed by atoms with van der Waals surface area (Å²) in [6, 6.07) is 44.3. The van der Waals surface area contributed by atoms with Crippen LogP contribution in [0.25, 0.3) is 77.5 Å². The van der Waals surface area contributed by atoms with Crippen LogP contribution < -0.4 is 10.6 Å². The number of imidazole rings is 2. The molecule has 14 heteroatoms. The zero-order chi connectivity index (χ0) is 59.1. The van der Waals surface area contributed by atoms with Crippen LogP contribution in [0.1, 0.15) is 141 Å². The van der Waals surface area contributed by atoms with Crippen LogP contribution in [0.5, 0.6) is 0 Å². The fourth-order valence-corrected chi connectivity index (χ4v) is 13.4. The molecule has 0 aliphatic carbocycles. The van der Waals surface area contributed by atoms with Crippen molar-refractivity contribution in [2.75, 3.05) is 26.2 Å². The molecule has 14 rings (SSSR count). The van der Waals surface area contributed by atoms with Gasteiger partial charge in [-0.15, -0.1) is 0 Å². The van der Waals surface area contributed by atoms with Gasteiger partial charge in [0, 0.05) is 66.9 Å². The van der Waals surface area contributed by atoms with Gasteiger partial charge in [-0.05, 0) is 172 Å². The maximum absolute atomic E-state index is 12.9. The number of carbonyl (C=O) groups excluding carboxylic acids is 2.